The normalized spacial score (nSPS) is 11.2. The zero-order valence-corrected chi connectivity index (χ0v) is 17.9. The van der Waals surface area contributed by atoms with Gasteiger partial charge in [-0.3, -0.25) is 0 Å². The molecule has 0 amide bonds. The quantitative estimate of drug-likeness (QED) is 0.327. The van der Waals surface area contributed by atoms with Crippen molar-refractivity contribution in [2.75, 3.05) is 0 Å². The molecule has 142 valence electrons. The molecule has 8 heteroatoms. The lowest BCUT2D eigenvalue weighted by molar-refractivity contribution is 0.629. The maximum Gasteiger partial charge on any atom is 0.186 e. The number of benzene rings is 2. The van der Waals surface area contributed by atoms with Crippen molar-refractivity contribution in [3.8, 4) is 33.2 Å². The third-order valence-corrected chi connectivity index (χ3v) is 6.38. The maximum absolute atomic E-state index is 14.3. The zero-order chi connectivity index (χ0) is 20.0. The number of halogens is 4. The van der Waals surface area contributed by atoms with Crippen LogP contribution < -0.4 is 0 Å². The highest BCUT2D eigenvalue weighted by molar-refractivity contribution is 7.14. The predicted octanol–water partition coefficient (Wildman–Crippen LogP) is 7.29. The molecule has 0 radical (unpaired) electrons. The number of hydrogen-bond acceptors (Lipinski definition) is 3. The van der Waals surface area contributed by atoms with Crippen LogP contribution in [0.1, 0.15) is 5.56 Å². The van der Waals surface area contributed by atoms with E-state index in [-0.39, 0.29) is 16.4 Å². The average Bonchev–Trinajstić information content (AvgIpc) is 3.18. The molecule has 0 saturated heterocycles. The molecule has 2 heterocycles. The van der Waals surface area contributed by atoms with Crippen molar-refractivity contribution in [3.63, 3.8) is 0 Å². The van der Waals surface area contributed by atoms with Gasteiger partial charge in [0.2, 0.25) is 0 Å². The minimum atomic E-state index is -0.458. The van der Waals surface area contributed by atoms with Crippen LogP contribution in [0.15, 0.2) is 41.8 Å². The first-order valence-electron chi connectivity index (χ1n) is 8.26. The molecule has 0 atom stereocenters. The molecule has 3 nitrogen and oxygen atoms in total. The Bertz CT molecular complexity index is 1180. The van der Waals surface area contributed by atoms with E-state index in [1.165, 1.54) is 6.07 Å². The predicted molar refractivity (Wildman–Crippen MR) is 115 cm³/mol. The molecular formula is C20H13Cl3FN3S. The average molecular weight is 453 g/mol. The molecule has 0 bridgehead atoms. The van der Waals surface area contributed by atoms with Gasteiger partial charge in [-0.2, -0.15) is 5.10 Å². The van der Waals surface area contributed by atoms with Gasteiger partial charge in [0, 0.05) is 33.5 Å². The van der Waals surface area contributed by atoms with Gasteiger partial charge >= 0.3 is 0 Å². The van der Waals surface area contributed by atoms with E-state index < -0.39 is 5.82 Å². The molecule has 2 aromatic carbocycles. The molecule has 0 saturated carbocycles. The molecule has 2 aromatic heterocycles. The Labute approximate surface area is 180 Å². The first-order valence-corrected chi connectivity index (χ1v) is 10.3. The molecule has 4 rings (SSSR count). The second kappa shape index (κ2) is 7.48. The lowest BCUT2D eigenvalue weighted by atomic mass is 10.1. The Balaban J connectivity index is 1.81. The molecule has 0 unspecified atom stereocenters. The number of thiophene rings is 1. The van der Waals surface area contributed by atoms with Crippen molar-refractivity contribution in [3.05, 3.63) is 68.2 Å². The summed E-state index contributed by atoms with van der Waals surface area (Å²) < 4.78 is 15.9. The van der Waals surface area contributed by atoms with Gasteiger partial charge < -0.3 is 0 Å². The van der Waals surface area contributed by atoms with Crippen molar-refractivity contribution in [2.45, 2.75) is 6.92 Å². The van der Waals surface area contributed by atoms with E-state index in [1.54, 1.807) is 41.3 Å². The largest absolute Gasteiger partial charge is 0.248 e. The van der Waals surface area contributed by atoms with Crippen LogP contribution in [0, 0.1) is 12.7 Å². The van der Waals surface area contributed by atoms with Crippen molar-refractivity contribution in [1.29, 1.82) is 0 Å². The SMILES string of the molecule is Cc1c(-c2nc(-c3c(F)cccc3Cl)nn2C)csc1-c1ccc(Cl)cc1Cl. The van der Waals surface area contributed by atoms with Crippen LogP contribution in [0.4, 0.5) is 4.39 Å². The molecule has 28 heavy (non-hydrogen) atoms. The summed E-state index contributed by atoms with van der Waals surface area (Å²) in [6, 6.07) is 9.94. The van der Waals surface area contributed by atoms with Gasteiger partial charge in [-0.1, -0.05) is 46.9 Å². The number of aromatic nitrogens is 3. The van der Waals surface area contributed by atoms with Gasteiger partial charge in [0.25, 0.3) is 0 Å². The summed E-state index contributed by atoms with van der Waals surface area (Å²) >= 11 is 20.1. The van der Waals surface area contributed by atoms with E-state index in [2.05, 4.69) is 10.1 Å². The molecule has 0 fully saturated rings. The molecule has 0 aliphatic rings. The van der Waals surface area contributed by atoms with E-state index in [4.69, 9.17) is 34.8 Å². The summed E-state index contributed by atoms with van der Waals surface area (Å²) in [5.74, 6) is 0.414. The molecular weight excluding hydrogens is 440 g/mol. The second-order valence-electron chi connectivity index (χ2n) is 6.21. The number of hydrogen-bond donors (Lipinski definition) is 0. The molecule has 0 spiro atoms. The lowest BCUT2D eigenvalue weighted by Crippen LogP contribution is -1.95. The first kappa shape index (κ1) is 19.4. The van der Waals surface area contributed by atoms with Gasteiger partial charge in [-0.25, -0.2) is 14.1 Å². The van der Waals surface area contributed by atoms with Gasteiger partial charge in [-0.05, 0) is 36.8 Å². The fraction of sp³-hybridized carbons (Fsp3) is 0.100. The second-order valence-corrected chi connectivity index (χ2v) is 8.34. The Morgan fingerprint density at radius 3 is 2.54 bits per heavy atom. The number of rotatable bonds is 3. The summed E-state index contributed by atoms with van der Waals surface area (Å²) in [5.41, 5.74) is 3.01. The Morgan fingerprint density at radius 2 is 1.82 bits per heavy atom. The van der Waals surface area contributed by atoms with Crippen molar-refractivity contribution in [2.24, 2.45) is 7.05 Å². The summed E-state index contributed by atoms with van der Waals surface area (Å²) in [5, 5.41) is 7.81. The smallest absolute Gasteiger partial charge is 0.186 e. The minimum Gasteiger partial charge on any atom is -0.248 e. The molecule has 0 aliphatic heterocycles. The van der Waals surface area contributed by atoms with Crippen LogP contribution in [-0.2, 0) is 7.05 Å². The van der Waals surface area contributed by atoms with E-state index in [9.17, 15) is 4.39 Å². The van der Waals surface area contributed by atoms with Crippen LogP contribution in [0.3, 0.4) is 0 Å². The van der Waals surface area contributed by atoms with Gasteiger partial charge in [0.1, 0.15) is 5.82 Å². The van der Waals surface area contributed by atoms with E-state index in [0.717, 1.165) is 21.6 Å². The zero-order valence-electron chi connectivity index (χ0n) is 14.8. The van der Waals surface area contributed by atoms with E-state index >= 15 is 0 Å². The van der Waals surface area contributed by atoms with Crippen LogP contribution in [0.5, 0.6) is 0 Å². The highest BCUT2D eigenvalue weighted by atomic mass is 35.5. The highest BCUT2D eigenvalue weighted by Gasteiger charge is 2.21. The monoisotopic (exact) mass is 451 g/mol. The minimum absolute atomic E-state index is 0.194. The highest BCUT2D eigenvalue weighted by Crippen LogP contribution is 2.41. The third kappa shape index (κ3) is 3.33. The van der Waals surface area contributed by atoms with Crippen LogP contribution in [0.2, 0.25) is 15.1 Å². The van der Waals surface area contributed by atoms with Gasteiger partial charge in [-0.15, -0.1) is 11.3 Å². The number of nitrogens with zero attached hydrogens (tertiary/aromatic N) is 3. The standard InChI is InChI=1S/C20H13Cl3FN3S/c1-10-13(9-28-18(10)12-7-6-11(21)8-15(12)23)20-25-19(26-27(20)2)17-14(22)4-3-5-16(17)24/h3-9H,1-2H3. The summed E-state index contributed by atoms with van der Waals surface area (Å²) in [4.78, 5) is 5.57. The topological polar surface area (TPSA) is 30.7 Å². The number of aryl methyl sites for hydroxylation is 1. The van der Waals surface area contributed by atoms with Crippen molar-refractivity contribution >= 4 is 46.1 Å². The molecule has 0 N–H and O–H groups in total. The fourth-order valence-corrected chi connectivity index (χ4v) is 4.93. The van der Waals surface area contributed by atoms with E-state index in [1.807, 2.05) is 24.4 Å². The molecule has 4 aromatic rings. The van der Waals surface area contributed by atoms with Crippen LogP contribution >= 0.6 is 46.1 Å². The van der Waals surface area contributed by atoms with Gasteiger partial charge in [0.05, 0.1) is 15.6 Å². The van der Waals surface area contributed by atoms with E-state index in [0.29, 0.717) is 15.9 Å². The Hall–Kier alpha value is -1.92. The van der Waals surface area contributed by atoms with Gasteiger partial charge in [0.15, 0.2) is 11.6 Å². The maximum atomic E-state index is 14.3. The first-order chi connectivity index (χ1) is 13.4. The van der Waals surface area contributed by atoms with Crippen LogP contribution in [0.25, 0.3) is 33.2 Å². The Kier molecular flexibility index (Phi) is 5.19. The van der Waals surface area contributed by atoms with Crippen molar-refractivity contribution < 1.29 is 4.39 Å². The fourth-order valence-electron chi connectivity index (χ4n) is 3.01. The third-order valence-electron chi connectivity index (χ3n) is 4.41. The summed E-state index contributed by atoms with van der Waals surface area (Å²) in [6.07, 6.45) is 0. The molecule has 0 aliphatic carbocycles. The Morgan fingerprint density at radius 1 is 1.04 bits per heavy atom. The van der Waals surface area contributed by atoms with Crippen molar-refractivity contribution in [1.82, 2.24) is 14.8 Å². The van der Waals surface area contributed by atoms with Crippen LogP contribution in [-0.4, -0.2) is 14.8 Å². The summed E-state index contributed by atoms with van der Waals surface area (Å²) in [7, 11) is 1.77. The lowest BCUT2D eigenvalue weighted by Gasteiger charge is -2.05. The summed E-state index contributed by atoms with van der Waals surface area (Å²) in [6.45, 7) is 2.00.